The molecular weight excluding hydrogens is 219 g/mol. The van der Waals surface area contributed by atoms with Gasteiger partial charge in [-0.3, -0.25) is 0 Å². The van der Waals surface area contributed by atoms with Crippen LogP contribution in [0.4, 0.5) is 16.2 Å². The number of aromatic nitrogens is 2. The van der Waals surface area contributed by atoms with Crippen LogP contribution in [-0.2, 0) is 0 Å². The Morgan fingerprint density at radius 2 is 1.76 bits per heavy atom. The third kappa shape index (κ3) is 2.65. The SMILES string of the molecule is CNc1nc(N2CCCCCC2)nc(C)c1F. The van der Waals surface area contributed by atoms with Gasteiger partial charge in [-0.2, -0.15) is 4.98 Å². The molecular formula is C12H19FN4. The van der Waals surface area contributed by atoms with Gasteiger partial charge in [0.25, 0.3) is 0 Å². The molecule has 1 aliphatic heterocycles. The molecule has 1 N–H and O–H groups in total. The van der Waals surface area contributed by atoms with Crippen LogP contribution in [0.3, 0.4) is 0 Å². The first kappa shape index (κ1) is 12.1. The van der Waals surface area contributed by atoms with Crippen molar-refractivity contribution in [3.8, 4) is 0 Å². The standard InChI is InChI=1S/C12H19FN4/c1-9-10(13)11(14-2)16-12(15-9)17-7-5-3-4-6-8-17/h3-8H2,1-2H3,(H,14,15,16). The molecule has 0 saturated carbocycles. The molecule has 1 aromatic heterocycles. The second-order valence-corrected chi connectivity index (χ2v) is 4.42. The summed E-state index contributed by atoms with van der Waals surface area (Å²) in [6.45, 7) is 3.61. The molecule has 1 saturated heterocycles. The van der Waals surface area contributed by atoms with Crippen LogP contribution >= 0.6 is 0 Å². The summed E-state index contributed by atoms with van der Waals surface area (Å²) in [5.41, 5.74) is 0.406. The Labute approximate surface area is 101 Å². The zero-order valence-corrected chi connectivity index (χ0v) is 10.5. The van der Waals surface area contributed by atoms with Crippen LogP contribution in [0.25, 0.3) is 0 Å². The van der Waals surface area contributed by atoms with Gasteiger partial charge in [0.05, 0.1) is 5.69 Å². The van der Waals surface area contributed by atoms with E-state index in [-0.39, 0.29) is 11.6 Å². The maximum Gasteiger partial charge on any atom is 0.227 e. The minimum Gasteiger partial charge on any atom is -0.371 e. The van der Waals surface area contributed by atoms with E-state index in [4.69, 9.17) is 0 Å². The van der Waals surface area contributed by atoms with Gasteiger partial charge in [-0.05, 0) is 19.8 Å². The first-order valence-electron chi connectivity index (χ1n) is 6.19. The minimum atomic E-state index is -0.355. The molecule has 5 heteroatoms. The lowest BCUT2D eigenvalue weighted by Crippen LogP contribution is -2.26. The molecule has 4 nitrogen and oxygen atoms in total. The van der Waals surface area contributed by atoms with E-state index in [0.29, 0.717) is 11.6 Å². The molecule has 1 aromatic rings. The van der Waals surface area contributed by atoms with Crippen LogP contribution < -0.4 is 10.2 Å². The molecule has 0 atom stereocenters. The molecule has 1 fully saturated rings. The molecule has 0 bridgehead atoms. The van der Waals surface area contributed by atoms with Gasteiger partial charge in [-0.25, -0.2) is 9.37 Å². The molecule has 0 radical (unpaired) electrons. The number of anilines is 2. The number of hydrogen-bond acceptors (Lipinski definition) is 4. The summed E-state index contributed by atoms with van der Waals surface area (Å²) in [6, 6.07) is 0. The smallest absolute Gasteiger partial charge is 0.227 e. The van der Waals surface area contributed by atoms with Gasteiger partial charge in [0.15, 0.2) is 11.6 Å². The largest absolute Gasteiger partial charge is 0.371 e. The summed E-state index contributed by atoms with van der Waals surface area (Å²) in [6.07, 6.45) is 4.84. The molecule has 2 heterocycles. The summed E-state index contributed by atoms with van der Waals surface area (Å²) in [5, 5.41) is 2.78. The number of rotatable bonds is 2. The summed E-state index contributed by atoms with van der Waals surface area (Å²) in [4.78, 5) is 10.6. The Balaban J connectivity index is 2.27. The third-order valence-electron chi connectivity index (χ3n) is 3.13. The zero-order valence-electron chi connectivity index (χ0n) is 10.5. The average Bonchev–Trinajstić information content (AvgIpc) is 2.61. The van der Waals surface area contributed by atoms with Crippen molar-refractivity contribution in [1.82, 2.24) is 9.97 Å². The van der Waals surface area contributed by atoms with Crippen molar-refractivity contribution in [2.75, 3.05) is 30.4 Å². The van der Waals surface area contributed by atoms with Crippen LogP contribution in [-0.4, -0.2) is 30.1 Å². The predicted octanol–water partition coefficient (Wildman–Crippen LogP) is 2.35. The molecule has 0 aromatic carbocycles. The van der Waals surface area contributed by atoms with Crippen molar-refractivity contribution >= 4 is 11.8 Å². The van der Waals surface area contributed by atoms with Crippen molar-refractivity contribution in [1.29, 1.82) is 0 Å². The fourth-order valence-electron chi connectivity index (χ4n) is 2.12. The van der Waals surface area contributed by atoms with Crippen molar-refractivity contribution in [3.05, 3.63) is 11.5 Å². The first-order chi connectivity index (χ1) is 8.22. The Morgan fingerprint density at radius 3 is 2.35 bits per heavy atom. The molecule has 94 valence electrons. The molecule has 2 rings (SSSR count). The number of nitrogens with zero attached hydrogens (tertiary/aromatic N) is 3. The van der Waals surface area contributed by atoms with Gasteiger partial charge in [-0.1, -0.05) is 12.8 Å². The highest BCUT2D eigenvalue weighted by Crippen LogP contribution is 2.20. The maximum atomic E-state index is 13.6. The molecule has 0 amide bonds. The lowest BCUT2D eigenvalue weighted by molar-refractivity contribution is 0.603. The zero-order chi connectivity index (χ0) is 12.3. The Hall–Kier alpha value is -1.39. The van der Waals surface area contributed by atoms with Crippen LogP contribution in [0.15, 0.2) is 0 Å². The third-order valence-corrected chi connectivity index (χ3v) is 3.13. The van der Waals surface area contributed by atoms with Gasteiger partial charge < -0.3 is 10.2 Å². The first-order valence-corrected chi connectivity index (χ1v) is 6.19. The Bertz CT molecular complexity index is 386. The average molecular weight is 238 g/mol. The fraction of sp³-hybridized carbons (Fsp3) is 0.667. The lowest BCUT2D eigenvalue weighted by Gasteiger charge is -2.21. The Kier molecular flexibility index (Phi) is 3.76. The van der Waals surface area contributed by atoms with Crippen molar-refractivity contribution in [3.63, 3.8) is 0 Å². The second kappa shape index (κ2) is 5.29. The highest BCUT2D eigenvalue weighted by Gasteiger charge is 2.16. The highest BCUT2D eigenvalue weighted by atomic mass is 19.1. The van der Waals surface area contributed by atoms with E-state index >= 15 is 0 Å². The number of halogens is 1. The van der Waals surface area contributed by atoms with E-state index in [1.807, 2.05) is 0 Å². The molecule has 0 unspecified atom stereocenters. The van der Waals surface area contributed by atoms with Gasteiger partial charge in [0.1, 0.15) is 0 Å². The van der Waals surface area contributed by atoms with Gasteiger partial charge in [0, 0.05) is 20.1 Å². The van der Waals surface area contributed by atoms with Gasteiger partial charge in [-0.15, -0.1) is 0 Å². The maximum absolute atomic E-state index is 13.6. The predicted molar refractivity (Wildman–Crippen MR) is 67.0 cm³/mol. The van der Waals surface area contributed by atoms with E-state index in [0.717, 1.165) is 25.9 Å². The van der Waals surface area contributed by atoms with Crippen molar-refractivity contribution in [2.45, 2.75) is 32.6 Å². The van der Waals surface area contributed by atoms with Crippen molar-refractivity contribution < 1.29 is 4.39 Å². The fourth-order valence-corrected chi connectivity index (χ4v) is 2.12. The lowest BCUT2D eigenvalue weighted by atomic mass is 10.2. The van der Waals surface area contributed by atoms with Crippen molar-refractivity contribution in [2.24, 2.45) is 0 Å². The van der Waals surface area contributed by atoms with E-state index in [9.17, 15) is 4.39 Å². The summed E-state index contributed by atoms with van der Waals surface area (Å²) in [7, 11) is 1.68. The van der Waals surface area contributed by atoms with Crippen LogP contribution in [0, 0.1) is 12.7 Å². The van der Waals surface area contributed by atoms with E-state index in [2.05, 4.69) is 20.2 Å². The molecule has 1 aliphatic rings. The van der Waals surface area contributed by atoms with E-state index in [1.165, 1.54) is 12.8 Å². The molecule has 0 aliphatic carbocycles. The quantitative estimate of drug-likeness (QED) is 0.858. The number of nitrogens with one attached hydrogen (secondary N) is 1. The van der Waals surface area contributed by atoms with E-state index in [1.54, 1.807) is 14.0 Å². The monoisotopic (exact) mass is 238 g/mol. The normalized spacial score (nSPS) is 16.8. The van der Waals surface area contributed by atoms with E-state index < -0.39 is 0 Å². The Morgan fingerprint density at radius 1 is 1.12 bits per heavy atom. The molecule has 17 heavy (non-hydrogen) atoms. The summed E-state index contributed by atoms with van der Waals surface area (Å²) >= 11 is 0. The number of hydrogen-bond donors (Lipinski definition) is 1. The second-order valence-electron chi connectivity index (χ2n) is 4.42. The minimum absolute atomic E-state index is 0.289. The topological polar surface area (TPSA) is 41.1 Å². The van der Waals surface area contributed by atoms with Crippen LogP contribution in [0.2, 0.25) is 0 Å². The number of aryl methyl sites for hydroxylation is 1. The summed E-state index contributed by atoms with van der Waals surface area (Å²) < 4.78 is 13.6. The summed E-state index contributed by atoms with van der Waals surface area (Å²) in [5.74, 6) is 0.581. The van der Waals surface area contributed by atoms with Crippen LogP contribution in [0.1, 0.15) is 31.4 Å². The van der Waals surface area contributed by atoms with Crippen LogP contribution in [0.5, 0.6) is 0 Å². The molecule has 0 spiro atoms. The van der Waals surface area contributed by atoms with Gasteiger partial charge >= 0.3 is 0 Å². The highest BCUT2D eigenvalue weighted by molar-refractivity contribution is 5.44. The van der Waals surface area contributed by atoms with Gasteiger partial charge in [0.2, 0.25) is 5.95 Å².